The van der Waals surface area contributed by atoms with E-state index < -0.39 is 0 Å². The third-order valence-corrected chi connectivity index (χ3v) is 4.56. The molecule has 24 heavy (non-hydrogen) atoms. The number of carbonyl (C=O) groups excluding carboxylic acids is 1. The first kappa shape index (κ1) is 16.7. The molecule has 2 aromatic carbocycles. The van der Waals surface area contributed by atoms with Crippen LogP contribution in [0.5, 0.6) is 5.75 Å². The SMILES string of the molecule is Cc1ccc(C(=O)c2ccc(OCCN3CCCCC3)cc2)cc1. The van der Waals surface area contributed by atoms with Crippen molar-refractivity contribution in [1.29, 1.82) is 0 Å². The molecule has 126 valence electrons. The van der Waals surface area contributed by atoms with E-state index in [1.54, 1.807) is 0 Å². The highest BCUT2D eigenvalue weighted by Gasteiger charge is 2.10. The average Bonchev–Trinajstić information content (AvgIpc) is 2.63. The summed E-state index contributed by atoms with van der Waals surface area (Å²) in [6.45, 7) is 6.07. The molecular formula is C21H25NO2. The largest absolute Gasteiger partial charge is 0.492 e. The van der Waals surface area contributed by atoms with Crippen LogP contribution in [-0.2, 0) is 0 Å². The number of nitrogens with zero attached hydrogens (tertiary/aromatic N) is 1. The molecular weight excluding hydrogens is 298 g/mol. The number of carbonyl (C=O) groups is 1. The van der Waals surface area contributed by atoms with Crippen molar-refractivity contribution in [2.75, 3.05) is 26.2 Å². The summed E-state index contributed by atoms with van der Waals surface area (Å²) < 4.78 is 5.81. The van der Waals surface area contributed by atoms with Crippen molar-refractivity contribution in [2.45, 2.75) is 26.2 Å². The van der Waals surface area contributed by atoms with E-state index in [1.165, 1.54) is 32.4 Å². The number of piperidine rings is 1. The van der Waals surface area contributed by atoms with E-state index in [1.807, 2.05) is 55.5 Å². The monoisotopic (exact) mass is 323 g/mol. The van der Waals surface area contributed by atoms with Gasteiger partial charge in [0.2, 0.25) is 0 Å². The second kappa shape index (κ2) is 8.11. The highest BCUT2D eigenvalue weighted by atomic mass is 16.5. The Bertz CT molecular complexity index is 655. The van der Waals surface area contributed by atoms with Crippen molar-refractivity contribution < 1.29 is 9.53 Å². The van der Waals surface area contributed by atoms with Gasteiger partial charge in [-0.15, -0.1) is 0 Å². The Kier molecular flexibility index (Phi) is 5.65. The van der Waals surface area contributed by atoms with Gasteiger partial charge >= 0.3 is 0 Å². The molecule has 2 aromatic rings. The molecule has 0 spiro atoms. The lowest BCUT2D eigenvalue weighted by Gasteiger charge is -2.26. The van der Waals surface area contributed by atoms with Crippen LogP contribution in [0.25, 0.3) is 0 Å². The predicted molar refractivity (Wildman–Crippen MR) is 96.8 cm³/mol. The quantitative estimate of drug-likeness (QED) is 0.750. The number of hydrogen-bond acceptors (Lipinski definition) is 3. The van der Waals surface area contributed by atoms with Crippen molar-refractivity contribution >= 4 is 5.78 Å². The van der Waals surface area contributed by atoms with Crippen LogP contribution in [0, 0.1) is 6.92 Å². The molecule has 0 saturated carbocycles. The molecule has 3 rings (SSSR count). The topological polar surface area (TPSA) is 29.5 Å². The van der Waals surface area contributed by atoms with E-state index in [2.05, 4.69) is 4.90 Å². The minimum atomic E-state index is 0.0508. The van der Waals surface area contributed by atoms with Gasteiger partial charge in [0.1, 0.15) is 12.4 Å². The zero-order valence-corrected chi connectivity index (χ0v) is 14.3. The lowest BCUT2D eigenvalue weighted by atomic mass is 10.0. The molecule has 1 aliphatic heterocycles. The second-order valence-corrected chi connectivity index (χ2v) is 6.47. The van der Waals surface area contributed by atoms with E-state index in [9.17, 15) is 4.79 Å². The molecule has 0 amide bonds. The fraction of sp³-hybridized carbons (Fsp3) is 0.381. The Balaban J connectivity index is 1.53. The summed E-state index contributed by atoms with van der Waals surface area (Å²) in [6, 6.07) is 15.1. The van der Waals surface area contributed by atoms with Gasteiger partial charge in [0, 0.05) is 17.7 Å². The van der Waals surface area contributed by atoms with E-state index >= 15 is 0 Å². The molecule has 0 radical (unpaired) electrons. The Labute approximate surface area is 144 Å². The normalized spacial score (nSPS) is 15.2. The third kappa shape index (κ3) is 4.45. The summed E-state index contributed by atoms with van der Waals surface area (Å²) in [5.41, 5.74) is 2.57. The van der Waals surface area contributed by atoms with Gasteiger partial charge in [0.05, 0.1) is 0 Å². The lowest BCUT2D eigenvalue weighted by molar-refractivity contribution is 0.103. The van der Waals surface area contributed by atoms with Gasteiger partial charge in [-0.05, 0) is 57.1 Å². The molecule has 0 aromatic heterocycles. The summed E-state index contributed by atoms with van der Waals surface area (Å²) >= 11 is 0. The molecule has 1 heterocycles. The van der Waals surface area contributed by atoms with Gasteiger partial charge in [-0.25, -0.2) is 0 Å². The maximum absolute atomic E-state index is 12.4. The summed E-state index contributed by atoms with van der Waals surface area (Å²) in [4.78, 5) is 14.9. The number of ketones is 1. The highest BCUT2D eigenvalue weighted by Crippen LogP contribution is 2.16. The molecule has 0 unspecified atom stereocenters. The fourth-order valence-electron chi connectivity index (χ4n) is 3.05. The molecule has 0 atom stereocenters. The van der Waals surface area contributed by atoms with Crippen molar-refractivity contribution in [3.63, 3.8) is 0 Å². The summed E-state index contributed by atoms with van der Waals surface area (Å²) in [7, 11) is 0. The van der Waals surface area contributed by atoms with E-state index in [-0.39, 0.29) is 5.78 Å². The molecule has 1 saturated heterocycles. The van der Waals surface area contributed by atoms with Crippen LogP contribution in [0.4, 0.5) is 0 Å². The summed E-state index contributed by atoms with van der Waals surface area (Å²) in [6.07, 6.45) is 3.96. The summed E-state index contributed by atoms with van der Waals surface area (Å²) in [5, 5.41) is 0. The molecule has 0 bridgehead atoms. The zero-order valence-electron chi connectivity index (χ0n) is 14.3. The number of hydrogen-bond donors (Lipinski definition) is 0. The highest BCUT2D eigenvalue weighted by molar-refractivity contribution is 6.09. The minimum Gasteiger partial charge on any atom is -0.492 e. The number of benzene rings is 2. The minimum absolute atomic E-state index is 0.0508. The van der Waals surface area contributed by atoms with Crippen molar-refractivity contribution in [3.05, 3.63) is 65.2 Å². The van der Waals surface area contributed by atoms with E-state index in [0.29, 0.717) is 12.2 Å². The first-order valence-corrected chi connectivity index (χ1v) is 8.79. The Hall–Kier alpha value is -2.13. The van der Waals surface area contributed by atoms with Gasteiger partial charge in [0.15, 0.2) is 5.78 Å². The van der Waals surface area contributed by atoms with Crippen LogP contribution < -0.4 is 4.74 Å². The molecule has 3 nitrogen and oxygen atoms in total. The third-order valence-electron chi connectivity index (χ3n) is 4.56. The first-order chi connectivity index (χ1) is 11.7. The molecule has 3 heteroatoms. The molecule has 0 N–H and O–H groups in total. The molecule has 0 aliphatic carbocycles. The zero-order chi connectivity index (χ0) is 16.8. The Morgan fingerprint density at radius 2 is 1.50 bits per heavy atom. The summed E-state index contributed by atoms with van der Waals surface area (Å²) in [5.74, 6) is 0.877. The molecule has 1 fully saturated rings. The number of aryl methyl sites for hydroxylation is 1. The average molecular weight is 323 g/mol. The maximum Gasteiger partial charge on any atom is 0.193 e. The smallest absolute Gasteiger partial charge is 0.193 e. The van der Waals surface area contributed by atoms with Gasteiger partial charge in [-0.3, -0.25) is 9.69 Å². The van der Waals surface area contributed by atoms with Crippen molar-refractivity contribution in [1.82, 2.24) is 4.90 Å². The molecule has 1 aliphatic rings. The second-order valence-electron chi connectivity index (χ2n) is 6.47. The number of ether oxygens (including phenoxy) is 1. The Morgan fingerprint density at radius 3 is 2.12 bits per heavy atom. The van der Waals surface area contributed by atoms with Crippen LogP contribution in [-0.4, -0.2) is 36.9 Å². The van der Waals surface area contributed by atoms with Gasteiger partial charge in [0.25, 0.3) is 0 Å². The van der Waals surface area contributed by atoms with Crippen molar-refractivity contribution in [3.8, 4) is 5.75 Å². The number of rotatable bonds is 6. The van der Waals surface area contributed by atoms with Gasteiger partial charge in [-0.2, -0.15) is 0 Å². The van der Waals surface area contributed by atoms with Crippen LogP contribution in [0.15, 0.2) is 48.5 Å². The van der Waals surface area contributed by atoms with Gasteiger partial charge < -0.3 is 4.74 Å². The van der Waals surface area contributed by atoms with E-state index in [4.69, 9.17) is 4.74 Å². The fourth-order valence-corrected chi connectivity index (χ4v) is 3.05. The standard InChI is InChI=1S/C21H25NO2/c1-17-5-7-18(8-6-17)21(23)19-9-11-20(12-10-19)24-16-15-22-13-3-2-4-14-22/h5-12H,2-4,13-16H2,1H3. The maximum atomic E-state index is 12.4. The number of likely N-dealkylation sites (tertiary alicyclic amines) is 1. The van der Waals surface area contributed by atoms with Crippen LogP contribution >= 0.6 is 0 Å². The Morgan fingerprint density at radius 1 is 0.917 bits per heavy atom. The van der Waals surface area contributed by atoms with Crippen LogP contribution in [0.3, 0.4) is 0 Å². The van der Waals surface area contributed by atoms with Gasteiger partial charge in [-0.1, -0.05) is 36.2 Å². The van der Waals surface area contributed by atoms with E-state index in [0.717, 1.165) is 23.4 Å². The lowest BCUT2D eigenvalue weighted by Crippen LogP contribution is -2.33. The van der Waals surface area contributed by atoms with Crippen molar-refractivity contribution in [2.24, 2.45) is 0 Å². The van der Waals surface area contributed by atoms with Crippen LogP contribution in [0.2, 0.25) is 0 Å². The van der Waals surface area contributed by atoms with Crippen LogP contribution in [0.1, 0.15) is 40.7 Å². The predicted octanol–water partition coefficient (Wildman–Crippen LogP) is 4.09. The first-order valence-electron chi connectivity index (χ1n) is 8.79.